The molecule has 0 unspecified atom stereocenters. The van der Waals surface area contributed by atoms with Crippen LogP contribution in [-0.4, -0.2) is 58.1 Å². The highest BCUT2D eigenvalue weighted by Crippen LogP contribution is 2.45. The van der Waals surface area contributed by atoms with Crippen LogP contribution in [0.15, 0.2) is 457 Å². The summed E-state index contributed by atoms with van der Waals surface area (Å²) >= 11 is 0. The maximum atomic E-state index is 5.95. The quantitative estimate of drug-likeness (QED) is 0.120. The lowest BCUT2D eigenvalue weighted by Gasteiger charge is -2.14. The first kappa shape index (κ1) is 75.7. The Bertz CT molecular complexity index is 8110. The fraction of sp³-hybridized carbons (Fsp3) is 0. The van der Waals surface area contributed by atoms with Gasteiger partial charge < -0.3 is 31.4 Å². The Morgan fingerprint density at radius 3 is 0.877 bits per heavy atom. The third kappa shape index (κ3) is 13.4. The molecular weight excluding hydrogens is 1600 g/mol. The molecule has 0 N–H and O–H groups in total. The van der Waals surface area contributed by atoms with Gasteiger partial charge in [0.25, 0.3) is 0 Å². The summed E-state index contributed by atoms with van der Waals surface area (Å²) in [6, 6.07) is 118. The molecule has 0 bridgehead atoms. The zero-order valence-electron chi connectivity index (χ0n) is 69.6. The van der Waals surface area contributed by atoms with Gasteiger partial charge >= 0.3 is 0 Å². The minimum absolute atomic E-state index is 0.881. The van der Waals surface area contributed by atoms with Gasteiger partial charge in [0.05, 0.1) is 108 Å². The predicted octanol–water partition coefficient (Wildman–Crippen LogP) is 28.9. The van der Waals surface area contributed by atoms with E-state index in [0.717, 1.165) is 216 Å². The highest BCUT2D eigenvalue weighted by atomic mass is 16.3. The first-order valence-corrected chi connectivity index (χ1v) is 42.9. The van der Waals surface area contributed by atoms with Crippen molar-refractivity contribution in [2.24, 2.45) is 0 Å². The van der Waals surface area contributed by atoms with Gasteiger partial charge in [-0.05, 0) is 270 Å². The van der Waals surface area contributed by atoms with Crippen molar-refractivity contribution >= 4 is 131 Å². The van der Waals surface area contributed by atoms with Crippen LogP contribution in [0.1, 0.15) is 0 Å². The van der Waals surface area contributed by atoms with E-state index in [0.29, 0.717) is 0 Å². The first-order valence-electron chi connectivity index (χ1n) is 42.9. The lowest BCUT2D eigenvalue weighted by Crippen LogP contribution is -1.98. The molecule has 0 fully saturated rings. The van der Waals surface area contributed by atoms with Crippen LogP contribution in [0.25, 0.3) is 232 Å². The van der Waals surface area contributed by atoms with E-state index in [1.807, 2.05) is 177 Å². The zero-order valence-corrected chi connectivity index (χ0v) is 69.6. The summed E-state index contributed by atoms with van der Waals surface area (Å²) in [4.78, 5) is 35.4. The van der Waals surface area contributed by atoms with E-state index in [-0.39, 0.29) is 0 Å². The van der Waals surface area contributed by atoms with Gasteiger partial charge in [-0.25, -0.2) is 4.98 Å². The molecule has 27 aromatic rings. The Morgan fingerprint density at radius 1 is 0.192 bits per heavy atom. The second-order valence-corrected chi connectivity index (χ2v) is 31.9. The molecule has 16 nitrogen and oxygen atoms in total. The van der Waals surface area contributed by atoms with Crippen molar-refractivity contribution in [3.63, 3.8) is 0 Å². The van der Waals surface area contributed by atoms with Crippen molar-refractivity contribution < 1.29 is 17.7 Å². The van der Waals surface area contributed by atoms with Crippen LogP contribution in [0, 0.1) is 0 Å². The van der Waals surface area contributed by atoms with Crippen molar-refractivity contribution in [3.05, 3.63) is 439 Å². The Balaban J connectivity index is 0.0000000963. The summed E-state index contributed by atoms with van der Waals surface area (Å²) in [7, 11) is 0. The molecule has 0 saturated heterocycles. The molecule has 0 radical (unpaired) electrons. The highest BCUT2D eigenvalue weighted by Gasteiger charge is 2.24. The summed E-state index contributed by atoms with van der Waals surface area (Å²) in [5.41, 5.74) is 30.7. The molecule has 16 heteroatoms. The molecule has 612 valence electrons. The largest absolute Gasteiger partial charge is 0.464 e. The molecule has 0 amide bonds. The van der Waals surface area contributed by atoms with E-state index in [2.05, 4.69) is 265 Å². The molecule has 0 spiro atoms. The number of pyridine rings is 8. The molecule has 0 aliphatic heterocycles. The van der Waals surface area contributed by atoms with E-state index in [1.54, 1.807) is 49.8 Å². The fourth-order valence-corrected chi connectivity index (χ4v) is 18.6. The highest BCUT2D eigenvalue weighted by molar-refractivity contribution is 6.23. The Kier molecular flexibility index (Phi) is 18.8. The molecule has 130 heavy (non-hydrogen) atoms. The van der Waals surface area contributed by atoms with E-state index in [4.69, 9.17) is 22.7 Å². The Hall–Kier alpha value is -18.0. The third-order valence-electron chi connectivity index (χ3n) is 24.4. The summed E-state index contributed by atoms with van der Waals surface area (Å²) in [6.07, 6.45) is 29.0. The first-order chi connectivity index (χ1) is 64.5. The molecular formula is C114H72N12O4. The molecule has 16 aromatic heterocycles. The number of fused-ring (bicyclic) bond motifs is 20. The second kappa shape index (κ2) is 32.3. The molecule has 0 aliphatic carbocycles. The Morgan fingerprint density at radius 2 is 0.515 bits per heavy atom. The normalized spacial score (nSPS) is 11.5. The smallest absolute Gasteiger partial charge is 0.143 e. The maximum absolute atomic E-state index is 5.95. The van der Waals surface area contributed by atoms with Crippen molar-refractivity contribution in [1.29, 1.82) is 0 Å². The van der Waals surface area contributed by atoms with Gasteiger partial charge in [-0.3, -0.25) is 39.5 Å². The number of hydrogen-bond acceptors (Lipinski definition) is 12. The molecule has 11 aromatic carbocycles. The number of aromatic nitrogens is 12. The van der Waals surface area contributed by atoms with Crippen LogP contribution >= 0.6 is 0 Å². The van der Waals surface area contributed by atoms with Crippen molar-refractivity contribution in [1.82, 2.24) is 58.1 Å². The number of hydrogen-bond donors (Lipinski definition) is 0. The average molecular weight is 1670 g/mol. The lowest BCUT2D eigenvalue weighted by atomic mass is 9.99. The SMILES string of the molecule is c1cc(-c2ccncc2)nc(-n2c3ccccc3c3c4occc4ccc32)c1.c1ccc(-c2cc(-c3ccccn3)cc(-n3c4ccccc4c4c5occc5ccc43)c2)nc1.c1ccc2c(c1)c1c3occc3ccc1n2-c1cc(-c2ccncc2)cc(-c2ccncc2)c1.c1cncc(-c2cc(-c3cccnc3)cc(-n3c4ccccc4c4c5occc5ccc43)c2)c1. The third-order valence-corrected chi connectivity index (χ3v) is 24.4. The van der Waals surface area contributed by atoms with Gasteiger partial charge in [0.1, 0.15) is 28.1 Å². The summed E-state index contributed by atoms with van der Waals surface area (Å²) < 4.78 is 32.9. The minimum atomic E-state index is 0.881. The predicted molar refractivity (Wildman–Crippen MR) is 523 cm³/mol. The minimum Gasteiger partial charge on any atom is -0.464 e. The Labute approximate surface area is 742 Å². The maximum Gasteiger partial charge on any atom is 0.143 e. The topological polar surface area (TPSA) is 175 Å². The fourth-order valence-electron chi connectivity index (χ4n) is 18.6. The second-order valence-electron chi connectivity index (χ2n) is 31.9. The van der Waals surface area contributed by atoms with Crippen LogP contribution in [0.4, 0.5) is 0 Å². The van der Waals surface area contributed by atoms with Crippen molar-refractivity contribution in [2.45, 2.75) is 0 Å². The molecule has 0 saturated carbocycles. The summed E-state index contributed by atoms with van der Waals surface area (Å²) in [5, 5.41) is 13.6. The van der Waals surface area contributed by atoms with Crippen LogP contribution in [-0.2, 0) is 0 Å². The van der Waals surface area contributed by atoms with Gasteiger partial charge in [-0.15, -0.1) is 0 Å². The number of furan rings is 4. The van der Waals surface area contributed by atoms with Gasteiger partial charge in [-0.1, -0.05) is 103 Å². The van der Waals surface area contributed by atoms with Crippen LogP contribution in [0.2, 0.25) is 0 Å². The van der Waals surface area contributed by atoms with E-state index in [1.165, 1.54) is 16.2 Å². The van der Waals surface area contributed by atoms with E-state index >= 15 is 0 Å². The van der Waals surface area contributed by atoms with E-state index in [9.17, 15) is 0 Å². The summed E-state index contributed by atoms with van der Waals surface area (Å²) in [5.74, 6) is 0.881. The number of benzene rings is 11. The van der Waals surface area contributed by atoms with Crippen LogP contribution < -0.4 is 0 Å². The van der Waals surface area contributed by atoms with Crippen molar-refractivity contribution in [3.8, 4) is 101 Å². The standard InChI is InChI=1S/3C30H19N3O.C24H15N3O/c1-2-10-27-24(7-1)29-28(12-11-20-13-16-34-30(20)29)33(27)23-18-21(25-8-3-5-14-31-25)17-22(19-23)26-9-4-6-15-32-26;1-2-8-27-26(7-1)29-28(10-9-20-11-14-34-30(20)29)33(27)25-16-23(21-5-3-12-31-18-21)15-24(17-25)22-6-4-13-32-19-22;1-2-4-27-26(3-1)29-28(6-5-22-11-16-34-30(22)29)33(27)25-18-23(20-7-12-31-13-8-20)17-24(19-25)21-9-14-32-15-10-21;1-2-6-20-18(4-1)23-21(9-8-17-12-15-28-24(17)23)27(20)22-7-3-5-19(26-22)16-10-13-25-14-11-16/h3*1-19H;1-15H. The van der Waals surface area contributed by atoms with Gasteiger partial charge in [-0.2, -0.15) is 0 Å². The number of rotatable bonds is 11. The van der Waals surface area contributed by atoms with Crippen molar-refractivity contribution in [2.75, 3.05) is 0 Å². The number of para-hydroxylation sites is 4. The van der Waals surface area contributed by atoms with Gasteiger partial charge in [0.2, 0.25) is 0 Å². The molecule has 0 atom stereocenters. The lowest BCUT2D eigenvalue weighted by molar-refractivity contribution is 0.619. The summed E-state index contributed by atoms with van der Waals surface area (Å²) in [6.45, 7) is 0. The molecule has 0 aliphatic rings. The van der Waals surface area contributed by atoms with Gasteiger partial charge in [0.15, 0.2) is 0 Å². The average Bonchev–Trinajstić information content (AvgIpc) is 1.59. The van der Waals surface area contributed by atoms with Gasteiger partial charge in [0, 0.05) is 162 Å². The van der Waals surface area contributed by atoms with E-state index < -0.39 is 0 Å². The zero-order chi connectivity index (χ0) is 86.0. The van der Waals surface area contributed by atoms with Crippen LogP contribution in [0.3, 0.4) is 0 Å². The van der Waals surface area contributed by atoms with Crippen LogP contribution in [0.5, 0.6) is 0 Å². The molecule has 16 heterocycles. The molecule has 27 rings (SSSR count). The number of nitrogens with zero attached hydrogens (tertiary/aromatic N) is 12. The monoisotopic (exact) mass is 1670 g/mol.